The Labute approximate surface area is 161 Å². The van der Waals surface area contributed by atoms with Gasteiger partial charge in [0.2, 0.25) is 0 Å². The molecule has 2 aromatic carbocycles. The Hall–Kier alpha value is -1.96. The number of hydrogen-bond donors (Lipinski definition) is 1. The molecule has 0 bridgehead atoms. The molecule has 1 atom stereocenters. The van der Waals surface area contributed by atoms with E-state index in [2.05, 4.69) is 0 Å². The second-order valence-electron chi connectivity index (χ2n) is 5.29. The summed E-state index contributed by atoms with van der Waals surface area (Å²) >= 11 is 12.1. The number of rotatable bonds is 7. The highest BCUT2D eigenvalue weighted by Crippen LogP contribution is 2.38. The molecule has 0 saturated carbocycles. The molecule has 0 unspecified atom stereocenters. The van der Waals surface area contributed by atoms with Crippen molar-refractivity contribution in [3.8, 4) is 17.2 Å². The number of carbonyl (C=O) groups is 1. The number of carboxylic acids is 1. The largest absolute Gasteiger partial charge is 0.479 e. The van der Waals surface area contributed by atoms with Crippen LogP contribution in [0.15, 0.2) is 41.3 Å². The Morgan fingerprint density at radius 2 is 1.77 bits per heavy atom. The van der Waals surface area contributed by atoms with E-state index in [-0.39, 0.29) is 32.9 Å². The van der Waals surface area contributed by atoms with Gasteiger partial charge in [0.25, 0.3) is 0 Å². The first-order valence-corrected chi connectivity index (χ1v) is 9.94. The van der Waals surface area contributed by atoms with Gasteiger partial charge in [0, 0.05) is 11.1 Å². The molecule has 1 N–H and O–H groups in total. The van der Waals surface area contributed by atoms with E-state index in [1.54, 1.807) is 0 Å². The van der Waals surface area contributed by atoms with Gasteiger partial charge in [0.1, 0.15) is 5.75 Å². The van der Waals surface area contributed by atoms with Gasteiger partial charge in [-0.3, -0.25) is 0 Å². The Kier molecular flexibility index (Phi) is 6.39. The van der Waals surface area contributed by atoms with Gasteiger partial charge in [-0.1, -0.05) is 30.1 Å². The minimum absolute atomic E-state index is 0.0527. The van der Waals surface area contributed by atoms with E-state index < -0.39 is 21.9 Å². The van der Waals surface area contributed by atoms with E-state index in [9.17, 15) is 13.2 Å². The summed E-state index contributed by atoms with van der Waals surface area (Å²) in [4.78, 5) is 11.1. The van der Waals surface area contributed by atoms with Crippen LogP contribution in [0.1, 0.15) is 13.8 Å². The maximum Gasteiger partial charge on any atom is 0.344 e. The molecule has 0 spiro atoms. The third-order valence-corrected chi connectivity index (χ3v) is 5.68. The van der Waals surface area contributed by atoms with Crippen LogP contribution >= 0.6 is 23.2 Å². The second kappa shape index (κ2) is 8.16. The molecule has 26 heavy (non-hydrogen) atoms. The van der Waals surface area contributed by atoms with E-state index in [0.717, 1.165) is 0 Å². The summed E-state index contributed by atoms with van der Waals surface area (Å²) in [7, 11) is -3.40. The predicted molar refractivity (Wildman–Crippen MR) is 98.4 cm³/mol. The van der Waals surface area contributed by atoms with Gasteiger partial charge in [-0.05, 0) is 37.3 Å². The fraction of sp³-hybridized carbons (Fsp3) is 0.235. The molecule has 2 rings (SSSR count). The summed E-state index contributed by atoms with van der Waals surface area (Å²) in [5, 5.41) is 9.41. The summed E-state index contributed by atoms with van der Waals surface area (Å²) in [6.07, 6.45) is -1.11. The van der Waals surface area contributed by atoms with E-state index in [0.29, 0.717) is 5.02 Å². The molecule has 0 aromatic heterocycles. The summed E-state index contributed by atoms with van der Waals surface area (Å²) in [6, 6.07) is 8.53. The summed E-state index contributed by atoms with van der Waals surface area (Å²) in [5.41, 5.74) is 0. The van der Waals surface area contributed by atoms with Crippen molar-refractivity contribution in [1.29, 1.82) is 0 Å². The zero-order valence-electron chi connectivity index (χ0n) is 13.9. The summed E-state index contributed by atoms with van der Waals surface area (Å²) < 4.78 is 34.8. The second-order valence-corrected chi connectivity index (χ2v) is 8.41. The lowest BCUT2D eigenvalue weighted by Gasteiger charge is -2.16. The first kappa shape index (κ1) is 20.4. The monoisotopic (exact) mass is 418 g/mol. The van der Waals surface area contributed by atoms with Crippen molar-refractivity contribution in [3.05, 3.63) is 46.4 Å². The molecule has 0 aliphatic rings. The molecule has 140 valence electrons. The number of benzene rings is 2. The molecule has 0 aliphatic carbocycles. The molecule has 0 fully saturated rings. The molecule has 0 heterocycles. The Balaban J connectivity index is 2.36. The highest BCUT2D eigenvalue weighted by molar-refractivity contribution is 7.91. The fourth-order valence-electron chi connectivity index (χ4n) is 1.94. The lowest BCUT2D eigenvalue weighted by molar-refractivity contribution is -0.144. The first-order valence-electron chi connectivity index (χ1n) is 7.53. The van der Waals surface area contributed by atoms with Gasteiger partial charge >= 0.3 is 5.97 Å². The van der Waals surface area contributed by atoms with Crippen molar-refractivity contribution in [2.45, 2.75) is 24.8 Å². The topological polar surface area (TPSA) is 89.9 Å². The molecule has 9 heteroatoms. The van der Waals surface area contributed by atoms with Gasteiger partial charge in [0.05, 0.1) is 15.7 Å². The highest BCUT2D eigenvalue weighted by Gasteiger charge is 2.18. The van der Waals surface area contributed by atoms with E-state index in [1.807, 2.05) is 0 Å². The predicted octanol–water partition coefficient (Wildman–Crippen LogP) is 4.43. The van der Waals surface area contributed by atoms with Crippen molar-refractivity contribution in [2.75, 3.05) is 5.75 Å². The van der Waals surface area contributed by atoms with Crippen LogP contribution in [0.25, 0.3) is 0 Å². The van der Waals surface area contributed by atoms with Gasteiger partial charge in [-0.15, -0.1) is 0 Å². The van der Waals surface area contributed by atoms with Gasteiger partial charge < -0.3 is 14.6 Å². The third-order valence-electron chi connectivity index (χ3n) is 3.42. The number of sulfone groups is 1. The van der Waals surface area contributed by atoms with Crippen LogP contribution in [0, 0.1) is 0 Å². The van der Waals surface area contributed by atoms with Crippen LogP contribution in [-0.4, -0.2) is 31.4 Å². The highest BCUT2D eigenvalue weighted by atomic mass is 35.5. The van der Waals surface area contributed by atoms with Crippen LogP contribution < -0.4 is 9.47 Å². The number of halogens is 2. The average molecular weight is 419 g/mol. The van der Waals surface area contributed by atoms with Crippen molar-refractivity contribution >= 4 is 39.0 Å². The summed E-state index contributed by atoms with van der Waals surface area (Å²) in [5.74, 6) is -0.706. The number of carboxylic acid groups (broad SMARTS) is 1. The minimum Gasteiger partial charge on any atom is -0.479 e. The maximum absolute atomic E-state index is 11.9. The molecule has 0 aliphatic heterocycles. The third kappa shape index (κ3) is 4.81. The van der Waals surface area contributed by atoms with Gasteiger partial charge in [-0.25, -0.2) is 13.2 Å². The standard InChI is InChI=1S/C17H16Cl2O6S/c1-3-26(22,23)12-5-7-14(13(19)9-12)25-16-8-11(18)4-6-15(16)24-10(2)17(20)21/h4-10H,3H2,1-2H3,(H,20,21)/t10-/m0/s1. The zero-order chi connectivity index (χ0) is 19.5. The van der Waals surface area contributed by atoms with Crippen LogP contribution in [0.4, 0.5) is 0 Å². The van der Waals surface area contributed by atoms with Gasteiger partial charge in [-0.2, -0.15) is 0 Å². The number of aliphatic carboxylic acids is 1. The number of hydrogen-bond acceptors (Lipinski definition) is 5. The van der Waals surface area contributed by atoms with Crippen molar-refractivity contribution in [1.82, 2.24) is 0 Å². The minimum atomic E-state index is -3.40. The quantitative estimate of drug-likeness (QED) is 0.714. The summed E-state index contributed by atoms with van der Waals surface area (Å²) in [6.45, 7) is 2.91. The lowest BCUT2D eigenvalue weighted by atomic mass is 10.3. The molecular weight excluding hydrogens is 403 g/mol. The molecule has 6 nitrogen and oxygen atoms in total. The normalized spacial score (nSPS) is 12.5. The van der Waals surface area contributed by atoms with Crippen LogP contribution in [0.3, 0.4) is 0 Å². The van der Waals surface area contributed by atoms with Crippen molar-refractivity contribution < 1.29 is 27.8 Å². The average Bonchev–Trinajstić information content (AvgIpc) is 2.58. The maximum atomic E-state index is 11.9. The smallest absolute Gasteiger partial charge is 0.344 e. The molecule has 0 amide bonds. The van der Waals surface area contributed by atoms with E-state index in [1.165, 1.54) is 50.2 Å². The van der Waals surface area contributed by atoms with Gasteiger partial charge in [0.15, 0.2) is 27.4 Å². The van der Waals surface area contributed by atoms with E-state index >= 15 is 0 Å². The first-order chi connectivity index (χ1) is 12.1. The molecule has 0 radical (unpaired) electrons. The van der Waals surface area contributed by atoms with Crippen molar-refractivity contribution in [3.63, 3.8) is 0 Å². The van der Waals surface area contributed by atoms with Crippen LogP contribution in [0.5, 0.6) is 17.2 Å². The van der Waals surface area contributed by atoms with E-state index in [4.69, 9.17) is 37.8 Å². The Morgan fingerprint density at radius 1 is 1.12 bits per heavy atom. The number of ether oxygens (including phenoxy) is 2. The SMILES string of the molecule is CCS(=O)(=O)c1ccc(Oc2cc(Cl)ccc2O[C@@H](C)C(=O)O)c(Cl)c1. The van der Waals surface area contributed by atoms with Crippen LogP contribution in [-0.2, 0) is 14.6 Å². The fourth-order valence-corrected chi connectivity index (χ4v) is 3.29. The Bertz CT molecular complexity index is 927. The lowest BCUT2D eigenvalue weighted by Crippen LogP contribution is -2.23. The molecule has 0 saturated heterocycles. The zero-order valence-corrected chi connectivity index (χ0v) is 16.2. The molecular formula is C17H16Cl2O6S. The van der Waals surface area contributed by atoms with Crippen molar-refractivity contribution in [2.24, 2.45) is 0 Å². The molecule has 2 aromatic rings. The Morgan fingerprint density at radius 3 is 2.35 bits per heavy atom. The van der Waals surface area contributed by atoms with Crippen LogP contribution in [0.2, 0.25) is 10.0 Å².